The minimum absolute atomic E-state index is 0.0303. The number of benzene rings is 1. The number of carbonyl (C=O) groups is 2. The Morgan fingerprint density at radius 3 is 2.58 bits per heavy atom. The Hall–Kier alpha value is -2.50. The number of nitrogens with zero attached hydrogens (tertiary/aromatic N) is 2. The molecule has 4 rings (SSSR count). The number of rotatable bonds is 4. The molecule has 2 aliphatic rings. The maximum absolute atomic E-state index is 12.4. The molecule has 6 heteroatoms. The topological polar surface area (TPSA) is 82.3 Å². The predicted octanol–water partition coefficient (Wildman–Crippen LogP) is 3.48. The van der Waals surface area contributed by atoms with Crippen LogP contribution >= 0.6 is 0 Å². The van der Waals surface area contributed by atoms with Gasteiger partial charge in [0, 0.05) is 17.4 Å². The lowest BCUT2D eigenvalue weighted by molar-refractivity contribution is -0.155. The molecule has 1 heterocycles. The van der Waals surface area contributed by atoms with Crippen LogP contribution in [0.5, 0.6) is 0 Å². The summed E-state index contributed by atoms with van der Waals surface area (Å²) in [6, 6.07) is 7.81. The van der Waals surface area contributed by atoms with Crippen molar-refractivity contribution < 1.29 is 18.8 Å². The molecule has 0 radical (unpaired) electrons. The van der Waals surface area contributed by atoms with Crippen LogP contribution in [-0.4, -0.2) is 21.9 Å². The first-order chi connectivity index (χ1) is 12.6. The van der Waals surface area contributed by atoms with E-state index in [9.17, 15) is 9.59 Å². The molecule has 0 aliphatic heterocycles. The molecule has 2 unspecified atom stereocenters. The van der Waals surface area contributed by atoms with Gasteiger partial charge in [0.15, 0.2) is 6.61 Å². The summed E-state index contributed by atoms with van der Waals surface area (Å²) < 4.78 is 10.6. The van der Waals surface area contributed by atoms with E-state index >= 15 is 0 Å². The van der Waals surface area contributed by atoms with Gasteiger partial charge in [0.2, 0.25) is 5.82 Å². The van der Waals surface area contributed by atoms with Crippen LogP contribution in [-0.2, 0) is 20.9 Å². The average molecular weight is 354 g/mol. The van der Waals surface area contributed by atoms with E-state index in [1.165, 1.54) is 0 Å². The zero-order chi connectivity index (χ0) is 18.1. The molecule has 2 aromatic rings. The number of hydrogen-bond acceptors (Lipinski definition) is 6. The van der Waals surface area contributed by atoms with Crippen molar-refractivity contribution in [2.75, 3.05) is 0 Å². The van der Waals surface area contributed by atoms with Crippen LogP contribution in [0.3, 0.4) is 0 Å². The Labute approximate surface area is 151 Å². The predicted molar refractivity (Wildman–Crippen MR) is 92.8 cm³/mol. The van der Waals surface area contributed by atoms with E-state index in [0.717, 1.165) is 30.4 Å². The van der Waals surface area contributed by atoms with E-state index in [4.69, 9.17) is 9.26 Å². The maximum Gasteiger partial charge on any atom is 0.309 e. The molecule has 1 aromatic heterocycles. The summed E-state index contributed by atoms with van der Waals surface area (Å²) in [5, 5.41) is 3.94. The van der Waals surface area contributed by atoms with Gasteiger partial charge in [-0.25, -0.2) is 0 Å². The Bertz CT molecular complexity index is 795. The van der Waals surface area contributed by atoms with Crippen molar-refractivity contribution in [1.82, 2.24) is 10.1 Å². The van der Waals surface area contributed by atoms with E-state index < -0.39 is 0 Å². The Kier molecular flexibility index (Phi) is 4.57. The Morgan fingerprint density at radius 1 is 1.19 bits per heavy atom. The number of carbonyl (C=O) groups excluding carboxylic acids is 2. The van der Waals surface area contributed by atoms with E-state index in [2.05, 4.69) is 10.1 Å². The van der Waals surface area contributed by atoms with Crippen molar-refractivity contribution in [2.24, 2.45) is 17.8 Å². The second kappa shape index (κ2) is 7.02. The summed E-state index contributed by atoms with van der Waals surface area (Å²) in [7, 11) is 0. The zero-order valence-corrected chi connectivity index (χ0v) is 14.8. The SMILES string of the molecule is Cc1ccc(-c2noc(COC(=O)C3CC4CCCC(C3)C4=O)n2)cc1. The number of aryl methyl sites for hydroxylation is 1. The summed E-state index contributed by atoms with van der Waals surface area (Å²) in [4.78, 5) is 28.8. The molecule has 26 heavy (non-hydrogen) atoms. The molecule has 136 valence electrons. The van der Waals surface area contributed by atoms with Crippen molar-refractivity contribution >= 4 is 11.8 Å². The molecular weight excluding hydrogens is 332 g/mol. The highest BCUT2D eigenvalue weighted by molar-refractivity contribution is 5.87. The number of esters is 1. The summed E-state index contributed by atoms with van der Waals surface area (Å²) in [5.74, 6) is 0.731. The molecule has 2 aliphatic carbocycles. The van der Waals surface area contributed by atoms with Crippen molar-refractivity contribution in [3.8, 4) is 11.4 Å². The normalized spacial score (nSPS) is 25.1. The summed E-state index contributed by atoms with van der Waals surface area (Å²) in [5.41, 5.74) is 2.01. The molecule has 6 nitrogen and oxygen atoms in total. The van der Waals surface area contributed by atoms with Crippen molar-refractivity contribution in [2.45, 2.75) is 45.6 Å². The van der Waals surface area contributed by atoms with Gasteiger partial charge in [-0.1, -0.05) is 41.4 Å². The lowest BCUT2D eigenvalue weighted by Crippen LogP contribution is -2.39. The second-order valence-corrected chi connectivity index (χ2v) is 7.38. The Morgan fingerprint density at radius 2 is 1.88 bits per heavy atom. The fourth-order valence-corrected chi connectivity index (χ4v) is 4.06. The fraction of sp³-hybridized carbons (Fsp3) is 0.500. The van der Waals surface area contributed by atoms with Crippen LogP contribution in [0.15, 0.2) is 28.8 Å². The number of aromatic nitrogens is 2. The molecule has 2 bridgehead atoms. The smallest absolute Gasteiger partial charge is 0.309 e. The van der Waals surface area contributed by atoms with Gasteiger partial charge in [0.25, 0.3) is 5.89 Å². The third-order valence-corrected chi connectivity index (χ3v) is 5.50. The molecular formula is C20H22N2O4. The molecule has 0 N–H and O–H groups in total. The lowest BCUT2D eigenvalue weighted by atomic mass is 9.67. The standard InChI is InChI=1S/C20H22N2O4/c1-12-5-7-13(8-6-12)19-21-17(26-22-19)11-25-20(24)16-9-14-3-2-4-15(10-16)18(14)23/h5-8,14-16H,2-4,9-11H2,1H3. The van der Waals surface area contributed by atoms with Gasteiger partial charge in [0.1, 0.15) is 5.78 Å². The minimum Gasteiger partial charge on any atom is -0.455 e. The third-order valence-electron chi connectivity index (χ3n) is 5.50. The van der Waals surface area contributed by atoms with E-state index in [0.29, 0.717) is 24.4 Å². The van der Waals surface area contributed by atoms with Gasteiger partial charge < -0.3 is 9.26 Å². The Balaban J connectivity index is 1.35. The molecule has 0 saturated heterocycles. The third kappa shape index (κ3) is 3.41. The fourth-order valence-electron chi connectivity index (χ4n) is 4.06. The van der Waals surface area contributed by atoms with Gasteiger partial charge in [-0.05, 0) is 32.6 Å². The van der Waals surface area contributed by atoms with E-state index in [1.807, 2.05) is 31.2 Å². The number of hydrogen-bond donors (Lipinski definition) is 0. The highest BCUT2D eigenvalue weighted by atomic mass is 16.6. The number of Topliss-reactive ketones (excluding diaryl/α,β-unsaturated/α-hetero) is 1. The monoisotopic (exact) mass is 354 g/mol. The first kappa shape index (κ1) is 16.9. The van der Waals surface area contributed by atoms with Crippen LogP contribution in [0, 0.1) is 24.7 Å². The highest BCUT2D eigenvalue weighted by Gasteiger charge is 2.41. The first-order valence-electron chi connectivity index (χ1n) is 9.20. The van der Waals surface area contributed by atoms with Gasteiger partial charge in [-0.2, -0.15) is 4.98 Å². The van der Waals surface area contributed by atoms with Crippen LogP contribution < -0.4 is 0 Å². The summed E-state index contributed by atoms with van der Waals surface area (Å²) in [6.07, 6.45) is 4.14. The lowest BCUT2D eigenvalue weighted by Gasteiger charge is -2.36. The summed E-state index contributed by atoms with van der Waals surface area (Å²) >= 11 is 0. The van der Waals surface area contributed by atoms with Crippen molar-refractivity contribution in [1.29, 1.82) is 0 Å². The number of fused-ring (bicyclic) bond motifs is 2. The van der Waals surface area contributed by atoms with Gasteiger partial charge in [0.05, 0.1) is 5.92 Å². The summed E-state index contributed by atoms with van der Waals surface area (Å²) in [6.45, 7) is 1.98. The van der Waals surface area contributed by atoms with Crippen LogP contribution in [0.25, 0.3) is 11.4 Å². The number of ketones is 1. The highest BCUT2D eigenvalue weighted by Crippen LogP contribution is 2.40. The molecule has 1 aromatic carbocycles. The van der Waals surface area contributed by atoms with Crippen molar-refractivity contribution in [3.05, 3.63) is 35.7 Å². The zero-order valence-electron chi connectivity index (χ0n) is 14.8. The van der Waals surface area contributed by atoms with Crippen LogP contribution in [0.1, 0.15) is 43.6 Å². The molecule has 2 saturated carbocycles. The van der Waals surface area contributed by atoms with E-state index in [-0.39, 0.29) is 36.2 Å². The van der Waals surface area contributed by atoms with Gasteiger partial charge >= 0.3 is 5.97 Å². The van der Waals surface area contributed by atoms with Crippen LogP contribution in [0.4, 0.5) is 0 Å². The average Bonchev–Trinajstić information content (AvgIpc) is 3.09. The van der Waals surface area contributed by atoms with E-state index in [1.54, 1.807) is 0 Å². The molecule has 0 amide bonds. The molecule has 2 atom stereocenters. The van der Waals surface area contributed by atoms with Gasteiger partial charge in [-0.15, -0.1) is 0 Å². The largest absolute Gasteiger partial charge is 0.455 e. The number of ether oxygens (including phenoxy) is 1. The molecule has 2 fully saturated rings. The molecule has 0 spiro atoms. The second-order valence-electron chi connectivity index (χ2n) is 7.38. The van der Waals surface area contributed by atoms with Gasteiger partial charge in [-0.3, -0.25) is 9.59 Å². The van der Waals surface area contributed by atoms with Crippen molar-refractivity contribution in [3.63, 3.8) is 0 Å². The minimum atomic E-state index is -0.260. The van der Waals surface area contributed by atoms with Crippen LogP contribution in [0.2, 0.25) is 0 Å². The maximum atomic E-state index is 12.4. The quantitative estimate of drug-likeness (QED) is 0.782. The first-order valence-corrected chi connectivity index (χ1v) is 9.20.